The van der Waals surface area contributed by atoms with Gasteiger partial charge in [0, 0.05) is 12.1 Å². The third-order valence-corrected chi connectivity index (χ3v) is 3.93. The maximum Gasteiger partial charge on any atom is 0.0672 e. The van der Waals surface area contributed by atoms with Gasteiger partial charge in [-0.05, 0) is 39.2 Å². The van der Waals surface area contributed by atoms with Gasteiger partial charge in [0.15, 0.2) is 0 Å². The molecule has 0 spiro atoms. The molecule has 3 atom stereocenters. The quantitative estimate of drug-likeness (QED) is 0.638. The molecular weight excluding hydrogens is 172 g/mol. The van der Waals surface area contributed by atoms with E-state index in [1.54, 1.807) is 0 Å². The molecule has 2 nitrogen and oxygen atoms in total. The van der Waals surface area contributed by atoms with Crippen LogP contribution in [0.25, 0.3) is 0 Å². The summed E-state index contributed by atoms with van der Waals surface area (Å²) < 4.78 is 0. The highest BCUT2D eigenvalue weighted by atomic mass is 15.2. The molecule has 2 rings (SSSR count). The number of nitriles is 1. The van der Waals surface area contributed by atoms with Crippen molar-refractivity contribution in [2.45, 2.75) is 57.5 Å². The van der Waals surface area contributed by atoms with Gasteiger partial charge in [0.2, 0.25) is 0 Å². The van der Waals surface area contributed by atoms with Crippen molar-refractivity contribution < 1.29 is 0 Å². The number of likely N-dealkylation sites (tertiary alicyclic amines) is 1. The summed E-state index contributed by atoms with van der Waals surface area (Å²) in [7, 11) is 0. The summed E-state index contributed by atoms with van der Waals surface area (Å²) in [6.45, 7) is 3.54. The van der Waals surface area contributed by atoms with Crippen LogP contribution in [-0.2, 0) is 0 Å². The Morgan fingerprint density at radius 1 is 1.14 bits per heavy atom. The number of hydrogen-bond donors (Lipinski definition) is 0. The predicted octanol–water partition coefficient (Wildman–Crippen LogP) is 2.55. The fourth-order valence-corrected chi connectivity index (χ4v) is 3.11. The lowest BCUT2D eigenvalue weighted by Gasteiger charge is -2.37. The monoisotopic (exact) mass is 192 g/mol. The minimum atomic E-state index is 0.310. The van der Waals surface area contributed by atoms with Gasteiger partial charge in [-0.2, -0.15) is 5.26 Å². The first-order valence-corrected chi connectivity index (χ1v) is 5.98. The summed E-state index contributed by atoms with van der Waals surface area (Å²) in [5.74, 6) is 0.310. The van der Waals surface area contributed by atoms with E-state index in [2.05, 4.69) is 17.9 Å². The Kier molecular flexibility index (Phi) is 3.08. The van der Waals surface area contributed by atoms with Gasteiger partial charge in [-0.3, -0.25) is 4.90 Å². The summed E-state index contributed by atoms with van der Waals surface area (Å²) >= 11 is 0. The van der Waals surface area contributed by atoms with Crippen LogP contribution in [0.5, 0.6) is 0 Å². The smallest absolute Gasteiger partial charge is 0.0672 e. The van der Waals surface area contributed by atoms with Crippen molar-refractivity contribution in [3.63, 3.8) is 0 Å². The highest BCUT2D eigenvalue weighted by Gasteiger charge is 2.34. The van der Waals surface area contributed by atoms with Gasteiger partial charge in [-0.25, -0.2) is 0 Å². The van der Waals surface area contributed by atoms with Crippen LogP contribution >= 0.6 is 0 Å². The highest BCUT2D eigenvalue weighted by Crippen LogP contribution is 2.32. The molecule has 3 unspecified atom stereocenters. The van der Waals surface area contributed by atoms with E-state index >= 15 is 0 Å². The van der Waals surface area contributed by atoms with Crippen LogP contribution in [0.2, 0.25) is 0 Å². The second kappa shape index (κ2) is 4.31. The number of hydrogen-bond acceptors (Lipinski definition) is 2. The lowest BCUT2D eigenvalue weighted by Crippen LogP contribution is -2.43. The minimum absolute atomic E-state index is 0.310. The molecule has 14 heavy (non-hydrogen) atoms. The molecule has 0 aromatic rings. The van der Waals surface area contributed by atoms with Gasteiger partial charge < -0.3 is 0 Å². The van der Waals surface area contributed by atoms with E-state index in [0.29, 0.717) is 18.0 Å². The van der Waals surface area contributed by atoms with Crippen molar-refractivity contribution in [3.05, 3.63) is 0 Å². The lowest BCUT2D eigenvalue weighted by atomic mass is 9.84. The molecule has 2 fully saturated rings. The summed E-state index contributed by atoms with van der Waals surface area (Å²) in [5.41, 5.74) is 0. The summed E-state index contributed by atoms with van der Waals surface area (Å²) in [4.78, 5) is 2.59. The molecule has 0 bridgehead atoms. The van der Waals surface area contributed by atoms with Crippen molar-refractivity contribution in [2.24, 2.45) is 5.92 Å². The van der Waals surface area contributed by atoms with Crippen LogP contribution in [0.3, 0.4) is 0 Å². The molecule has 1 aliphatic carbocycles. The Morgan fingerprint density at radius 3 is 2.57 bits per heavy atom. The summed E-state index contributed by atoms with van der Waals surface area (Å²) in [6, 6.07) is 3.80. The molecule has 0 aromatic heterocycles. The standard InChI is InChI=1S/C12H20N2/c1-10-5-4-8-14(10)12-7-3-2-6-11(12)9-13/h10-12H,2-8H2,1H3. The minimum Gasteiger partial charge on any atom is -0.296 e. The summed E-state index contributed by atoms with van der Waals surface area (Å²) in [6.07, 6.45) is 7.63. The molecule has 1 aliphatic heterocycles. The van der Waals surface area contributed by atoms with Crippen molar-refractivity contribution >= 4 is 0 Å². The lowest BCUT2D eigenvalue weighted by molar-refractivity contribution is 0.121. The molecule has 0 aromatic carbocycles. The van der Waals surface area contributed by atoms with E-state index in [9.17, 15) is 0 Å². The molecular formula is C12H20N2. The highest BCUT2D eigenvalue weighted by molar-refractivity contribution is 4.98. The number of nitrogens with zero attached hydrogens (tertiary/aromatic N) is 2. The first-order valence-electron chi connectivity index (χ1n) is 5.98. The van der Waals surface area contributed by atoms with E-state index in [1.165, 1.54) is 38.6 Å². The van der Waals surface area contributed by atoms with Crippen molar-refractivity contribution in [3.8, 4) is 6.07 Å². The van der Waals surface area contributed by atoms with Gasteiger partial charge in [0.1, 0.15) is 0 Å². The Labute approximate surface area is 86.9 Å². The Balaban J connectivity index is 2.03. The van der Waals surface area contributed by atoms with Gasteiger partial charge in [0.05, 0.1) is 12.0 Å². The molecule has 1 saturated carbocycles. The Hall–Kier alpha value is -0.550. The second-order valence-corrected chi connectivity index (χ2v) is 4.82. The zero-order chi connectivity index (χ0) is 9.97. The van der Waals surface area contributed by atoms with Gasteiger partial charge in [-0.1, -0.05) is 12.8 Å². The average Bonchev–Trinajstić information content (AvgIpc) is 2.64. The SMILES string of the molecule is CC1CCCN1C1CCCCC1C#N. The summed E-state index contributed by atoms with van der Waals surface area (Å²) in [5, 5.41) is 9.13. The third-order valence-electron chi connectivity index (χ3n) is 3.93. The van der Waals surface area contributed by atoms with Crippen molar-refractivity contribution in [2.75, 3.05) is 6.54 Å². The number of rotatable bonds is 1. The van der Waals surface area contributed by atoms with Crippen LogP contribution < -0.4 is 0 Å². The van der Waals surface area contributed by atoms with E-state index in [1.807, 2.05) is 0 Å². The molecule has 78 valence electrons. The van der Waals surface area contributed by atoms with Crippen molar-refractivity contribution in [1.82, 2.24) is 4.90 Å². The van der Waals surface area contributed by atoms with Crippen LogP contribution in [0.1, 0.15) is 45.4 Å². The molecule has 2 aliphatic rings. The Morgan fingerprint density at radius 2 is 1.93 bits per heavy atom. The van der Waals surface area contributed by atoms with E-state index in [-0.39, 0.29) is 0 Å². The second-order valence-electron chi connectivity index (χ2n) is 4.82. The molecule has 0 N–H and O–H groups in total. The van der Waals surface area contributed by atoms with E-state index in [4.69, 9.17) is 5.26 Å². The predicted molar refractivity (Wildman–Crippen MR) is 56.8 cm³/mol. The molecule has 1 heterocycles. The fourth-order valence-electron chi connectivity index (χ4n) is 3.11. The maximum absolute atomic E-state index is 9.13. The van der Waals surface area contributed by atoms with Crippen molar-refractivity contribution in [1.29, 1.82) is 5.26 Å². The zero-order valence-electron chi connectivity index (χ0n) is 9.08. The molecule has 1 saturated heterocycles. The van der Waals surface area contributed by atoms with Crippen LogP contribution in [0.4, 0.5) is 0 Å². The fraction of sp³-hybridized carbons (Fsp3) is 0.917. The van der Waals surface area contributed by atoms with Gasteiger partial charge in [0.25, 0.3) is 0 Å². The maximum atomic E-state index is 9.13. The largest absolute Gasteiger partial charge is 0.296 e. The molecule has 2 heteroatoms. The van der Waals surface area contributed by atoms with E-state index < -0.39 is 0 Å². The third kappa shape index (κ3) is 1.79. The molecule has 0 amide bonds. The topological polar surface area (TPSA) is 27.0 Å². The van der Waals surface area contributed by atoms with Crippen LogP contribution in [0.15, 0.2) is 0 Å². The first kappa shape index (κ1) is 9.98. The van der Waals surface area contributed by atoms with Gasteiger partial charge in [-0.15, -0.1) is 0 Å². The molecule has 0 radical (unpaired) electrons. The average molecular weight is 192 g/mol. The van der Waals surface area contributed by atoms with E-state index in [0.717, 1.165) is 6.42 Å². The van der Waals surface area contributed by atoms with Crippen LogP contribution in [0, 0.1) is 17.2 Å². The van der Waals surface area contributed by atoms with Crippen LogP contribution in [-0.4, -0.2) is 23.5 Å². The Bertz CT molecular complexity index is 231. The van der Waals surface area contributed by atoms with Gasteiger partial charge >= 0.3 is 0 Å². The first-order chi connectivity index (χ1) is 6.83. The zero-order valence-corrected chi connectivity index (χ0v) is 9.08. The normalized spacial score (nSPS) is 39.6.